The predicted octanol–water partition coefficient (Wildman–Crippen LogP) is 1.38. The molecule has 0 amide bonds. The van der Waals surface area contributed by atoms with Crippen LogP contribution in [0.25, 0.3) is 0 Å². The van der Waals surface area contributed by atoms with E-state index in [2.05, 4.69) is 17.2 Å². The first-order valence-electron chi connectivity index (χ1n) is 7.27. The van der Waals surface area contributed by atoms with Crippen molar-refractivity contribution >= 4 is 11.5 Å². The normalized spacial score (nSPS) is 22.4. The molecule has 2 atom stereocenters. The van der Waals surface area contributed by atoms with Crippen molar-refractivity contribution in [3.8, 4) is 0 Å². The molecule has 112 valence electrons. The fourth-order valence-electron chi connectivity index (χ4n) is 2.82. The van der Waals surface area contributed by atoms with Crippen LogP contribution in [0, 0.1) is 11.8 Å². The van der Waals surface area contributed by atoms with Gasteiger partial charge in [-0.25, -0.2) is 4.79 Å². The second kappa shape index (κ2) is 5.73. The van der Waals surface area contributed by atoms with Crippen molar-refractivity contribution in [1.82, 2.24) is 9.55 Å². The molecule has 1 saturated carbocycles. The lowest BCUT2D eigenvalue weighted by Gasteiger charge is -2.18. The fourth-order valence-corrected chi connectivity index (χ4v) is 2.82. The van der Waals surface area contributed by atoms with E-state index in [9.17, 15) is 9.59 Å². The number of nitrogens with zero attached hydrogens (tertiary/aromatic N) is 1. The number of H-pyrrole nitrogens is 1. The summed E-state index contributed by atoms with van der Waals surface area (Å²) in [5.41, 5.74) is 5.50. The molecule has 6 heteroatoms. The molecule has 0 aromatic carbocycles. The second-order valence-electron chi connectivity index (χ2n) is 6.28. The van der Waals surface area contributed by atoms with Crippen LogP contribution in [0.15, 0.2) is 9.59 Å². The Morgan fingerprint density at radius 2 is 2.10 bits per heavy atom. The summed E-state index contributed by atoms with van der Waals surface area (Å²) >= 11 is 0. The summed E-state index contributed by atoms with van der Waals surface area (Å²) in [5, 5.41) is 3.22. The maximum Gasteiger partial charge on any atom is 0.330 e. The van der Waals surface area contributed by atoms with Gasteiger partial charge in [0.2, 0.25) is 0 Å². The van der Waals surface area contributed by atoms with Gasteiger partial charge in [0.25, 0.3) is 5.56 Å². The molecular weight excluding hydrogens is 256 g/mol. The summed E-state index contributed by atoms with van der Waals surface area (Å²) in [6.45, 7) is 6.71. The monoisotopic (exact) mass is 280 g/mol. The van der Waals surface area contributed by atoms with Crippen molar-refractivity contribution < 1.29 is 0 Å². The predicted molar refractivity (Wildman–Crippen MR) is 81.0 cm³/mol. The number of anilines is 2. The van der Waals surface area contributed by atoms with Gasteiger partial charge in [-0.05, 0) is 31.1 Å². The van der Waals surface area contributed by atoms with E-state index in [-0.39, 0.29) is 17.8 Å². The third kappa shape index (κ3) is 3.05. The van der Waals surface area contributed by atoms with E-state index >= 15 is 0 Å². The van der Waals surface area contributed by atoms with Gasteiger partial charge in [0.15, 0.2) is 0 Å². The molecule has 1 aromatic rings. The Balaban J connectivity index is 2.32. The number of aromatic amines is 1. The highest BCUT2D eigenvalue weighted by Gasteiger charge is 2.23. The van der Waals surface area contributed by atoms with Crippen LogP contribution in [0.4, 0.5) is 11.5 Å². The molecule has 1 aliphatic carbocycles. The van der Waals surface area contributed by atoms with Crippen LogP contribution in [0.2, 0.25) is 0 Å². The average molecular weight is 280 g/mol. The van der Waals surface area contributed by atoms with Crippen LogP contribution in [0.3, 0.4) is 0 Å². The highest BCUT2D eigenvalue weighted by atomic mass is 16.2. The smallest absolute Gasteiger partial charge is 0.330 e. The summed E-state index contributed by atoms with van der Waals surface area (Å²) in [6, 6.07) is 0.262. The van der Waals surface area contributed by atoms with E-state index in [0.29, 0.717) is 18.2 Å². The Labute approximate surface area is 118 Å². The van der Waals surface area contributed by atoms with E-state index in [4.69, 9.17) is 5.73 Å². The van der Waals surface area contributed by atoms with E-state index in [1.807, 2.05) is 13.8 Å². The average Bonchev–Trinajstić information content (AvgIpc) is 2.75. The zero-order valence-electron chi connectivity index (χ0n) is 12.4. The minimum atomic E-state index is -0.438. The fraction of sp³-hybridized carbons (Fsp3) is 0.714. The van der Waals surface area contributed by atoms with Gasteiger partial charge in [0, 0.05) is 12.6 Å². The molecule has 4 N–H and O–H groups in total. The topological polar surface area (TPSA) is 92.9 Å². The molecule has 0 saturated heterocycles. The van der Waals surface area contributed by atoms with Crippen molar-refractivity contribution in [2.75, 3.05) is 11.1 Å². The minimum Gasteiger partial charge on any atom is -0.383 e. The van der Waals surface area contributed by atoms with Crippen molar-refractivity contribution in [2.24, 2.45) is 11.8 Å². The molecule has 2 unspecified atom stereocenters. The summed E-state index contributed by atoms with van der Waals surface area (Å²) in [4.78, 5) is 26.1. The van der Waals surface area contributed by atoms with E-state index in [1.54, 1.807) is 0 Å². The van der Waals surface area contributed by atoms with Gasteiger partial charge >= 0.3 is 5.69 Å². The SMILES string of the molecule is CC(C)Cn1c(N)c(NC2CCC(C)C2)c(=O)[nH]c1=O. The van der Waals surface area contributed by atoms with Gasteiger partial charge in [-0.15, -0.1) is 0 Å². The highest BCUT2D eigenvalue weighted by molar-refractivity contribution is 5.61. The number of nitrogens with one attached hydrogen (secondary N) is 2. The molecule has 0 aliphatic heterocycles. The van der Waals surface area contributed by atoms with Crippen LogP contribution >= 0.6 is 0 Å². The lowest BCUT2D eigenvalue weighted by Crippen LogP contribution is -2.36. The maximum absolute atomic E-state index is 12.0. The van der Waals surface area contributed by atoms with Gasteiger partial charge in [-0.2, -0.15) is 0 Å². The molecule has 2 rings (SSSR count). The van der Waals surface area contributed by atoms with Gasteiger partial charge in [-0.3, -0.25) is 14.3 Å². The molecule has 1 heterocycles. The maximum atomic E-state index is 12.0. The van der Waals surface area contributed by atoms with Gasteiger partial charge in [0.1, 0.15) is 11.5 Å². The number of nitrogen functional groups attached to an aromatic ring is 1. The van der Waals surface area contributed by atoms with Crippen LogP contribution in [-0.4, -0.2) is 15.6 Å². The van der Waals surface area contributed by atoms with E-state index < -0.39 is 11.2 Å². The number of hydrogen-bond donors (Lipinski definition) is 3. The summed E-state index contributed by atoms with van der Waals surface area (Å²) in [7, 11) is 0. The van der Waals surface area contributed by atoms with Gasteiger partial charge < -0.3 is 11.1 Å². The van der Waals surface area contributed by atoms with Gasteiger partial charge in [0.05, 0.1) is 0 Å². The molecule has 1 aromatic heterocycles. The Morgan fingerprint density at radius 1 is 1.40 bits per heavy atom. The molecule has 20 heavy (non-hydrogen) atoms. The number of hydrogen-bond acceptors (Lipinski definition) is 4. The lowest BCUT2D eigenvalue weighted by molar-refractivity contribution is 0.507. The van der Waals surface area contributed by atoms with Crippen LogP contribution in [-0.2, 0) is 6.54 Å². The molecule has 0 radical (unpaired) electrons. The van der Waals surface area contributed by atoms with Crippen LogP contribution < -0.4 is 22.3 Å². The highest BCUT2D eigenvalue weighted by Crippen LogP contribution is 2.27. The molecule has 0 bridgehead atoms. The second-order valence-corrected chi connectivity index (χ2v) is 6.28. The summed E-state index contributed by atoms with van der Waals surface area (Å²) in [5.74, 6) is 1.18. The Bertz CT molecular complexity index is 588. The third-order valence-electron chi connectivity index (χ3n) is 3.83. The van der Waals surface area contributed by atoms with Crippen LogP contribution in [0.5, 0.6) is 0 Å². The van der Waals surface area contributed by atoms with E-state index in [0.717, 1.165) is 19.3 Å². The molecule has 1 fully saturated rings. The number of nitrogens with two attached hydrogens (primary N) is 1. The quantitative estimate of drug-likeness (QED) is 0.776. The Morgan fingerprint density at radius 3 is 2.65 bits per heavy atom. The summed E-state index contributed by atoms with van der Waals surface area (Å²) in [6.07, 6.45) is 3.21. The zero-order chi connectivity index (χ0) is 14.9. The first-order valence-corrected chi connectivity index (χ1v) is 7.27. The van der Waals surface area contributed by atoms with Crippen molar-refractivity contribution in [3.05, 3.63) is 20.8 Å². The molecule has 1 aliphatic rings. The van der Waals surface area contributed by atoms with Crippen molar-refractivity contribution in [2.45, 2.75) is 52.6 Å². The number of rotatable bonds is 4. The Hall–Kier alpha value is -1.72. The minimum absolute atomic E-state index is 0.243. The lowest BCUT2D eigenvalue weighted by atomic mass is 10.1. The first kappa shape index (κ1) is 14.7. The molecule has 0 spiro atoms. The van der Waals surface area contributed by atoms with Crippen LogP contribution in [0.1, 0.15) is 40.0 Å². The third-order valence-corrected chi connectivity index (χ3v) is 3.83. The first-order chi connectivity index (χ1) is 9.38. The molecular formula is C14H24N4O2. The standard InChI is InChI=1S/C14H24N4O2/c1-8(2)7-18-12(15)11(13(19)17-14(18)20)16-10-5-4-9(3)6-10/h8-10,16H,4-7,15H2,1-3H3,(H,17,19,20). The van der Waals surface area contributed by atoms with Crippen molar-refractivity contribution in [1.29, 1.82) is 0 Å². The van der Waals surface area contributed by atoms with Crippen molar-refractivity contribution in [3.63, 3.8) is 0 Å². The zero-order valence-corrected chi connectivity index (χ0v) is 12.4. The summed E-state index contributed by atoms with van der Waals surface area (Å²) < 4.78 is 1.44. The Kier molecular flexibility index (Phi) is 4.20. The number of aromatic nitrogens is 2. The molecule has 6 nitrogen and oxygen atoms in total. The van der Waals surface area contributed by atoms with Gasteiger partial charge in [-0.1, -0.05) is 20.8 Å². The van der Waals surface area contributed by atoms with E-state index in [1.165, 1.54) is 4.57 Å². The largest absolute Gasteiger partial charge is 0.383 e.